The Morgan fingerprint density at radius 3 is 1.31 bits per heavy atom. The van der Waals surface area contributed by atoms with Crippen LogP contribution in [0.15, 0.2) is 97.1 Å². The van der Waals surface area contributed by atoms with Crippen molar-refractivity contribution in [2.45, 2.75) is 124 Å². The maximum Gasteiger partial charge on any atom is 0.416 e. The standard InChI is InChI=1S/2C25H26F6N2O2.ClH.Cr/c2*1-16(17-11-19(24(26,27)28)13-20(12-17)25(29,30)31)35-15-23(18-5-3-2-4-6-18)10-9-22(14-32-23)8-7-21(34)33-22;;/h2*2-6,11-13,16,32H,7-10,14-15H2,1H3,(H,33,34);1H;/p+1/t2*16-,22-,23-;;/m11../s1. The minimum Gasteiger partial charge on any atom is -0.372 e. The Bertz CT molecular complexity index is 2240. The second-order valence-corrected chi connectivity index (χ2v) is 19.0. The van der Waals surface area contributed by atoms with Gasteiger partial charge in [-0.3, -0.25) is 9.59 Å². The number of benzene rings is 4. The molecule has 8 rings (SSSR count). The molecule has 4 heterocycles. The van der Waals surface area contributed by atoms with Crippen molar-refractivity contribution in [3.8, 4) is 0 Å². The first-order valence-electron chi connectivity index (χ1n) is 22.8. The molecule has 2 spiro atoms. The van der Waals surface area contributed by atoms with Gasteiger partial charge in [0, 0.05) is 48.7 Å². The van der Waals surface area contributed by atoms with Gasteiger partial charge < -0.3 is 30.7 Å². The molecule has 0 unspecified atom stereocenters. The number of halogens is 13. The molecule has 0 radical (unpaired) electrons. The van der Waals surface area contributed by atoms with Crippen molar-refractivity contribution < 1.29 is 94.4 Å². The monoisotopic (exact) mass is 1090 g/mol. The Balaban J connectivity index is 0.000000260. The van der Waals surface area contributed by atoms with Crippen LogP contribution >= 0.6 is 12.4 Å². The third-order valence-corrected chi connectivity index (χ3v) is 14.2. The number of hydrogen-bond acceptors (Lipinski definition) is 5. The van der Waals surface area contributed by atoms with Crippen molar-refractivity contribution >= 4 is 24.2 Å². The van der Waals surface area contributed by atoms with Gasteiger partial charge in [-0.25, -0.2) is 0 Å². The first-order chi connectivity index (χ1) is 32.6. The van der Waals surface area contributed by atoms with E-state index in [4.69, 9.17) is 9.47 Å². The molecule has 0 bridgehead atoms. The fourth-order valence-corrected chi connectivity index (χ4v) is 9.85. The zero-order valence-electron chi connectivity index (χ0n) is 38.9. The van der Waals surface area contributed by atoms with Crippen LogP contribution in [0.2, 0.25) is 0 Å². The summed E-state index contributed by atoms with van der Waals surface area (Å²) in [4.78, 5) is 23.6. The van der Waals surface area contributed by atoms with Crippen LogP contribution in [0.1, 0.15) is 122 Å². The van der Waals surface area contributed by atoms with Crippen LogP contribution < -0.4 is 21.3 Å². The second kappa shape index (κ2) is 22.2. The summed E-state index contributed by atoms with van der Waals surface area (Å²) in [5, 5.41) is 11.7. The number of amides is 2. The number of piperidine rings is 2. The van der Waals surface area contributed by atoms with E-state index in [9.17, 15) is 62.3 Å². The van der Waals surface area contributed by atoms with Gasteiger partial charge >= 0.3 is 24.7 Å². The first kappa shape index (κ1) is 58.5. The molecule has 72 heavy (non-hydrogen) atoms. The summed E-state index contributed by atoms with van der Waals surface area (Å²) in [5.41, 5.74) is -5.96. The summed E-state index contributed by atoms with van der Waals surface area (Å²) >= 11 is 0. The van der Waals surface area contributed by atoms with E-state index in [1.165, 1.54) is 13.8 Å². The zero-order chi connectivity index (χ0) is 51.0. The molecule has 0 aliphatic carbocycles. The molecule has 4 aromatic carbocycles. The minimum atomic E-state index is -4.92. The molecule has 5 N–H and O–H groups in total. The van der Waals surface area contributed by atoms with E-state index >= 15 is 0 Å². The molecule has 4 aliphatic heterocycles. The molecule has 0 saturated carbocycles. The van der Waals surface area contributed by atoms with Crippen molar-refractivity contribution in [3.05, 3.63) is 142 Å². The van der Waals surface area contributed by atoms with Crippen LogP contribution in [0.5, 0.6) is 0 Å². The number of nitrogens with two attached hydrogens (primary N) is 1. The number of quaternary nitrogens is 1. The number of carbonyl (C=O) groups excluding carboxylic acids is 2. The third kappa shape index (κ3) is 13.7. The summed E-state index contributed by atoms with van der Waals surface area (Å²) in [6, 6.07) is 21.9. The number of alkyl halides is 12. The molecule has 4 fully saturated rings. The molecule has 2 amide bonds. The summed E-state index contributed by atoms with van der Waals surface area (Å²) < 4.78 is 171. The summed E-state index contributed by atoms with van der Waals surface area (Å²) in [7, 11) is 0. The maximum absolute atomic E-state index is 13.3. The van der Waals surface area contributed by atoms with Gasteiger partial charge in [0.2, 0.25) is 11.8 Å². The molecule has 22 heteroatoms. The van der Waals surface area contributed by atoms with Crippen LogP contribution in [0, 0.1) is 0 Å². The molecular formula is C50H54ClCrF12N4O4+. The van der Waals surface area contributed by atoms with E-state index < -0.39 is 70.2 Å². The van der Waals surface area contributed by atoms with Crippen molar-refractivity contribution in [3.63, 3.8) is 0 Å². The Morgan fingerprint density at radius 1 is 0.542 bits per heavy atom. The predicted octanol–water partition coefficient (Wildman–Crippen LogP) is 10.9. The van der Waals surface area contributed by atoms with Crippen LogP contribution in [0.25, 0.3) is 0 Å². The summed E-state index contributed by atoms with van der Waals surface area (Å²) in [5.74, 6) is 0.00870. The average molecular weight is 1090 g/mol. The summed E-state index contributed by atoms with van der Waals surface area (Å²) in [6.45, 7) is 4.09. The first-order valence-corrected chi connectivity index (χ1v) is 22.8. The fraction of sp³-hybridized carbons (Fsp3) is 0.480. The van der Waals surface area contributed by atoms with Gasteiger partial charge in [-0.1, -0.05) is 60.7 Å². The van der Waals surface area contributed by atoms with Crippen molar-refractivity contribution in [1.82, 2.24) is 16.0 Å². The molecule has 0 aromatic heterocycles. The SMILES string of the molecule is C[C@@H](OC[C@@]1(c2ccccc2)CC[C@]2(CCC(=O)N2)CN1)c1cc(C(F)(F)F)cc(C(F)(F)F)c1.C[C@@H](OC[C@@]1(c2ccccc2)CC[C@]2(CCC(=O)N2)C[NH2+]1)c1cc(C(F)(F)F)cc(C(F)(F)F)c1.Cl.[Cr]. The topological polar surface area (TPSA) is 105 Å². The van der Waals surface area contributed by atoms with Gasteiger partial charge in [-0.15, -0.1) is 12.4 Å². The molecule has 4 saturated heterocycles. The number of ether oxygens (including phenoxy) is 2. The van der Waals surface area contributed by atoms with Gasteiger partial charge in [0.05, 0.1) is 64.2 Å². The van der Waals surface area contributed by atoms with E-state index in [2.05, 4.69) is 21.3 Å². The molecular weight excluding hydrogens is 1040 g/mol. The van der Waals surface area contributed by atoms with E-state index in [0.29, 0.717) is 82.3 Å². The number of rotatable bonds is 10. The Morgan fingerprint density at radius 2 is 0.944 bits per heavy atom. The minimum absolute atomic E-state index is 0. The van der Waals surface area contributed by atoms with E-state index in [-0.39, 0.29) is 89.1 Å². The largest absolute Gasteiger partial charge is 0.416 e. The fourth-order valence-electron chi connectivity index (χ4n) is 9.85. The van der Waals surface area contributed by atoms with Gasteiger partial charge in [0.25, 0.3) is 0 Å². The molecule has 8 nitrogen and oxygen atoms in total. The van der Waals surface area contributed by atoms with E-state index in [1.54, 1.807) is 0 Å². The number of hydrogen-bond donors (Lipinski definition) is 4. The van der Waals surface area contributed by atoms with Crippen molar-refractivity contribution in [2.24, 2.45) is 0 Å². The van der Waals surface area contributed by atoms with Crippen molar-refractivity contribution in [2.75, 3.05) is 26.3 Å². The smallest absolute Gasteiger partial charge is 0.372 e. The van der Waals surface area contributed by atoms with Crippen molar-refractivity contribution in [1.29, 1.82) is 0 Å². The predicted molar refractivity (Wildman–Crippen MR) is 239 cm³/mol. The molecule has 4 aromatic rings. The normalized spacial score (nSPS) is 25.4. The number of carbonyl (C=O) groups is 2. The van der Waals surface area contributed by atoms with Gasteiger partial charge in [0.15, 0.2) is 0 Å². The third-order valence-electron chi connectivity index (χ3n) is 14.2. The van der Waals surface area contributed by atoms with Crippen LogP contribution in [-0.4, -0.2) is 49.2 Å². The summed E-state index contributed by atoms with van der Waals surface area (Å²) in [6.07, 6.45) is -16.8. The van der Waals surface area contributed by atoms with Crippen LogP contribution in [-0.2, 0) is 72.2 Å². The van der Waals surface area contributed by atoms with Gasteiger partial charge in [-0.05, 0) is 99.0 Å². The van der Waals surface area contributed by atoms with E-state index in [0.717, 1.165) is 17.5 Å². The van der Waals surface area contributed by atoms with Gasteiger partial charge in [-0.2, -0.15) is 52.7 Å². The Hall–Kier alpha value is -4.36. The average Bonchev–Trinajstić information content (AvgIpc) is 3.88. The molecule has 6 atom stereocenters. The molecule has 4 aliphatic rings. The molecule has 394 valence electrons. The van der Waals surface area contributed by atoms with Gasteiger partial charge in [0.1, 0.15) is 12.1 Å². The Labute approximate surface area is 425 Å². The van der Waals surface area contributed by atoms with E-state index in [1.807, 2.05) is 60.7 Å². The zero-order valence-corrected chi connectivity index (χ0v) is 41.0. The maximum atomic E-state index is 13.3. The number of nitrogens with one attached hydrogen (secondary N) is 3. The van der Waals surface area contributed by atoms with Crippen LogP contribution in [0.3, 0.4) is 0 Å². The second-order valence-electron chi connectivity index (χ2n) is 19.0. The Kier molecular flexibility index (Phi) is 18.1. The quantitative estimate of drug-likeness (QED) is 0.118. The van der Waals surface area contributed by atoms with Crippen LogP contribution in [0.4, 0.5) is 52.7 Å².